The van der Waals surface area contributed by atoms with Gasteiger partial charge in [-0.1, -0.05) is 6.07 Å². The number of anilines is 2. The van der Waals surface area contributed by atoms with E-state index in [0.29, 0.717) is 0 Å². The highest BCUT2D eigenvalue weighted by atomic mass is 15.2. The molecule has 0 bridgehead atoms. The second-order valence-corrected chi connectivity index (χ2v) is 4.22. The van der Waals surface area contributed by atoms with Crippen LogP contribution in [0.5, 0.6) is 0 Å². The van der Waals surface area contributed by atoms with Gasteiger partial charge >= 0.3 is 0 Å². The van der Waals surface area contributed by atoms with Gasteiger partial charge in [0.05, 0.1) is 6.54 Å². The number of hydrogen-bond donors (Lipinski definition) is 1. The van der Waals surface area contributed by atoms with Crippen LogP contribution in [0.3, 0.4) is 0 Å². The molecule has 2 aromatic heterocycles. The smallest absolute Gasteiger partial charge is 0.131 e. The van der Waals surface area contributed by atoms with Crippen LogP contribution in [-0.2, 0) is 13.6 Å². The van der Waals surface area contributed by atoms with Gasteiger partial charge in [-0.3, -0.25) is 0 Å². The Kier molecular flexibility index (Phi) is 3.82. The molecule has 0 aliphatic carbocycles. The predicted molar refractivity (Wildman–Crippen MR) is 73.7 cm³/mol. The summed E-state index contributed by atoms with van der Waals surface area (Å²) in [5.74, 6) is 2.87. The summed E-state index contributed by atoms with van der Waals surface area (Å²) in [4.78, 5) is 11.0. The molecule has 0 radical (unpaired) electrons. The largest absolute Gasteiger partial charge is 0.370 e. The zero-order valence-corrected chi connectivity index (χ0v) is 11.1. The van der Waals surface area contributed by atoms with Gasteiger partial charge in [-0.05, 0) is 19.1 Å². The topological polar surface area (TPSA) is 46.0 Å². The standard InChI is InChI=1S/C13H19N5/c1-4-14-11-6-5-7-12(16-11)18(3)10-13-15-8-9-17(13)2/h5-9H,4,10H2,1-3H3,(H,14,16). The molecule has 0 aromatic carbocycles. The van der Waals surface area contributed by atoms with Gasteiger partial charge in [0.1, 0.15) is 17.5 Å². The Bertz CT molecular complexity index is 506. The van der Waals surface area contributed by atoms with Crippen molar-refractivity contribution in [1.29, 1.82) is 0 Å². The maximum atomic E-state index is 4.55. The molecule has 2 aromatic rings. The summed E-state index contributed by atoms with van der Waals surface area (Å²) in [7, 11) is 4.02. The molecule has 0 saturated carbocycles. The van der Waals surface area contributed by atoms with Crippen LogP contribution in [0.2, 0.25) is 0 Å². The SMILES string of the molecule is CCNc1cccc(N(C)Cc2nccn2C)n1. The summed E-state index contributed by atoms with van der Waals surface area (Å²) in [6, 6.07) is 5.99. The van der Waals surface area contributed by atoms with Crippen LogP contribution >= 0.6 is 0 Å². The molecular weight excluding hydrogens is 226 g/mol. The van der Waals surface area contributed by atoms with Crippen molar-refractivity contribution in [2.24, 2.45) is 7.05 Å². The van der Waals surface area contributed by atoms with Gasteiger partial charge in [0.2, 0.25) is 0 Å². The molecule has 5 nitrogen and oxygen atoms in total. The lowest BCUT2D eigenvalue weighted by atomic mass is 10.4. The number of aromatic nitrogens is 3. The highest BCUT2D eigenvalue weighted by molar-refractivity contribution is 5.46. The second kappa shape index (κ2) is 5.53. The zero-order valence-electron chi connectivity index (χ0n) is 11.1. The molecule has 0 aliphatic rings. The fourth-order valence-corrected chi connectivity index (χ4v) is 1.76. The van der Waals surface area contributed by atoms with E-state index in [1.165, 1.54) is 0 Å². The molecule has 2 rings (SSSR count). The fraction of sp³-hybridized carbons (Fsp3) is 0.385. The number of nitrogens with one attached hydrogen (secondary N) is 1. The molecule has 0 amide bonds. The number of hydrogen-bond acceptors (Lipinski definition) is 4. The molecule has 96 valence electrons. The van der Waals surface area contributed by atoms with Crippen LogP contribution in [0.4, 0.5) is 11.6 Å². The van der Waals surface area contributed by atoms with Gasteiger partial charge in [0.15, 0.2) is 0 Å². The van der Waals surface area contributed by atoms with E-state index in [4.69, 9.17) is 0 Å². The van der Waals surface area contributed by atoms with E-state index in [9.17, 15) is 0 Å². The Hall–Kier alpha value is -2.04. The highest BCUT2D eigenvalue weighted by Crippen LogP contribution is 2.14. The van der Waals surface area contributed by atoms with Gasteiger partial charge in [-0.15, -0.1) is 0 Å². The molecule has 0 saturated heterocycles. The first-order chi connectivity index (χ1) is 8.70. The van der Waals surface area contributed by atoms with E-state index >= 15 is 0 Å². The quantitative estimate of drug-likeness (QED) is 0.873. The molecule has 0 atom stereocenters. The lowest BCUT2D eigenvalue weighted by Crippen LogP contribution is -2.20. The third-order valence-electron chi connectivity index (χ3n) is 2.78. The minimum atomic E-state index is 0.742. The molecule has 0 unspecified atom stereocenters. The number of aryl methyl sites for hydroxylation is 1. The zero-order chi connectivity index (χ0) is 13.0. The van der Waals surface area contributed by atoms with Crippen molar-refractivity contribution in [3.63, 3.8) is 0 Å². The van der Waals surface area contributed by atoms with Crippen molar-refractivity contribution in [1.82, 2.24) is 14.5 Å². The molecule has 0 aliphatic heterocycles. The third-order valence-corrected chi connectivity index (χ3v) is 2.78. The fourth-order valence-electron chi connectivity index (χ4n) is 1.76. The molecule has 1 N–H and O–H groups in total. The Balaban J connectivity index is 2.11. The monoisotopic (exact) mass is 245 g/mol. The molecule has 2 heterocycles. The van der Waals surface area contributed by atoms with Crippen molar-refractivity contribution in [2.75, 3.05) is 23.8 Å². The normalized spacial score (nSPS) is 10.4. The first-order valence-corrected chi connectivity index (χ1v) is 6.09. The van der Waals surface area contributed by atoms with Crippen molar-refractivity contribution >= 4 is 11.6 Å². The van der Waals surface area contributed by atoms with E-state index in [2.05, 4.69) is 27.1 Å². The van der Waals surface area contributed by atoms with E-state index in [1.807, 2.05) is 49.3 Å². The lowest BCUT2D eigenvalue weighted by molar-refractivity contribution is 0.755. The third kappa shape index (κ3) is 2.80. The molecular formula is C13H19N5. The van der Waals surface area contributed by atoms with Crippen LogP contribution in [0.25, 0.3) is 0 Å². The Labute approximate surface area is 107 Å². The van der Waals surface area contributed by atoms with E-state index in [-0.39, 0.29) is 0 Å². The Morgan fingerprint density at radius 3 is 2.89 bits per heavy atom. The maximum Gasteiger partial charge on any atom is 0.131 e. The van der Waals surface area contributed by atoms with Gasteiger partial charge < -0.3 is 14.8 Å². The van der Waals surface area contributed by atoms with Gasteiger partial charge in [-0.25, -0.2) is 9.97 Å². The maximum absolute atomic E-state index is 4.55. The van der Waals surface area contributed by atoms with Gasteiger partial charge in [0.25, 0.3) is 0 Å². The van der Waals surface area contributed by atoms with Crippen LogP contribution in [0, 0.1) is 0 Å². The Morgan fingerprint density at radius 2 is 2.22 bits per heavy atom. The van der Waals surface area contributed by atoms with Gasteiger partial charge in [-0.2, -0.15) is 0 Å². The van der Waals surface area contributed by atoms with Crippen molar-refractivity contribution in [3.05, 3.63) is 36.4 Å². The molecule has 0 fully saturated rings. The molecule has 0 spiro atoms. The van der Waals surface area contributed by atoms with Crippen LogP contribution in [0.1, 0.15) is 12.7 Å². The summed E-state index contributed by atoms with van der Waals surface area (Å²) >= 11 is 0. The minimum Gasteiger partial charge on any atom is -0.370 e. The number of nitrogens with zero attached hydrogens (tertiary/aromatic N) is 4. The van der Waals surface area contributed by atoms with Crippen LogP contribution in [-0.4, -0.2) is 28.1 Å². The van der Waals surface area contributed by atoms with Crippen molar-refractivity contribution < 1.29 is 0 Å². The second-order valence-electron chi connectivity index (χ2n) is 4.22. The van der Waals surface area contributed by atoms with Crippen LogP contribution in [0.15, 0.2) is 30.6 Å². The lowest BCUT2D eigenvalue weighted by Gasteiger charge is -2.18. The molecule has 5 heteroatoms. The van der Waals surface area contributed by atoms with Crippen molar-refractivity contribution in [2.45, 2.75) is 13.5 Å². The average molecular weight is 245 g/mol. The average Bonchev–Trinajstić information content (AvgIpc) is 2.76. The summed E-state index contributed by atoms with van der Waals surface area (Å²) in [6.07, 6.45) is 3.76. The number of rotatable bonds is 5. The van der Waals surface area contributed by atoms with Gasteiger partial charge in [0, 0.05) is 33.0 Å². The highest BCUT2D eigenvalue weighted by Gasteiger charge is 2.07. The van der Waals surface area contributed by atoms with E-state index in [1.54, 1.807) is 0 Å². The van der Waals surface area contributed by atoms with Crippen molar-refractivity contribution in [3.8, 4) is 0 Å². The number of imidazole rings is 1. The summed E-state index contributed by atoms with van der Waals surface area (Å²) in [5.41, 5.74) is 0. The van der Waals surface area contributed by atoms with Crippen LogP contribution < -0.4 is 10.2 Å². The first-order valence-electron chi connectivity index (χ1n) is 6.09. The Morgan fingerprint density at radius 1 is 1.39 bits per heavy atom. The predicted octanol–water partition coefficient (Wildman–Crippen LogP) is 1.88. The van der Waals surface area contributed by atoms with E-state index in [0.717, 1.165) is 30.5 Å². The minimum absolute atomic E-state index is 0.742. The number of pyridine rings is 1. The van der Waals surface area contributed by atoms with E-state index < -0.39 is 0 Å². The summed E-state index contributed by atoms with van der Waals surface area (Å²) in [5, 5.41) is 3.21. The molecule has 18 heavy (non-hydrogen) atoms. The first kappa shape index (κ1) is 12.4. The summed E-state index contributed by atoms with van der Waals surface area (Å²) in [6.45, 7) is 3.68. The summed E-state index contributed by atoms with van der Waals surface area (Å²) < 4.78 is 2.02.